The summed E-state index contributed by atoms with van der Waals surface area (Å²) in [5, 5.41) is 2.85. The molecule has 7 heteroatoms. The first-order chi connectivity index (χ1) is 9.36. The van der Waals surface area contributed by atoms with Crippen molar-refractivity contribution >= 4 is 5.95 Å². The number of hydrogen-bond donors (Lipinski definition) is 1. The Labute approximate surface area is 120 Å². The second kappa shape index (κ2) is 7.23. The summed E-state index contributed by atoms with van der Waals surface area (Å²) >= 11 is 0. The van der Waals surface area contributed by atoms with Crippen molar-refractivity contribution in [3.63, 3.8) is 0 Å². The molecule has 0 atom stereocenters. The summed E-state index contributed by atoms with van der Waals surface area (Å²) in [6.07, 6.45) is 0.715. The first-order valence-corrected chi connectivity index (χ1v) is 6.64. The van der Waals surface area contributed by atoms with E-state index in [1.54, 1.807) is 14.2 Å². The third kappa shape index (κ3) is 5.56. The number of hydrogen-bond acceptors (Lipinski definition) is 7. The Balaban J connectivity index is 2.69. The molecule has 0 amide bonds. The number of nitrogens with one attached hydrogen (secondary N) is 1. The van der Waals surface area contributed by atoms with E-state index in [-0.39, 0.29) is 23.7 Å². The van der Waals surface area contributed by atoms with E-state index in [4.69, 9.17) is 14.2 Å². The Morgan fingerprint density at radius 2 is 1.80 bits per heavy atom. The van der Waals surface area contributed by atoms with E-state index in [9.17, 15) is 0 Å². The second-order valence-electron chi connectivity index (χ2n) is 5.20. The first kappa shape index (κ1) is 16.4. The highest BCUT2D eigenvalue weighted by molar-refractivity contribution is 5.26. The predicted molar refractivity (Wildman–Crippen MR) is 76.3 cm³/mol. The minimum absolute atomic E-state index is 0.0117. The van der Waals surface area contributed by atoms with Gasteiger partial charge in [0.2, 0.25) is 5.95 Å². The summed E-state index contributed by atoms with van der Waals surface area (Å²) in [4.78, 5) is 12.4. The van der Waals surface area contributed by atoms with Crippen molar-refractivity contribution in [2.45, 2.75) is 45.8 Å². The molecule has 20 heavy (non-hydrogen) atoms. The van der Waals surface area contributed by atoms with Crippen LogP contribution in [0.25, 0.3) is 0 Å². The van der Waals surface area contributed by atoms with Crippen molar-refractivity contribution < 1.29 is 14.2 Å². The first-order valence-electron chi connectivity index (χ1n) is 6.64. The zero-order valence-electron chi connectivity index (χ0n) is 13.1. The van der Waals surface area contributed by atoms with E-state index < -0.39 is 0 Å². The van der Waals surface area contributed by atoms with Gasteiger partial charge in [-0.25, -0.2) is 0 Å². The van der Waals surface area contributed by atoms with Gasteiger partial charge in [0.1, 0.15) is 0 Å². The van der Waals surface area contributed by atoms with Crippen molar-refractivity contribution in [3.8, 4) is 12.0 Å². The molecule has 1 heterocycles. The fraction of sp³-hybridized carbons (Fsp3) is 0.769. The zero-order valence-corrected chi connectivity index (χ0v) is 13.1. The Bertz CT molecular complexity index is 424. The molecule has 0 bridgehead atoms. The van der Waals surface area contributed by atoms with E-state index in [0.29, 0.717) is 12.6 Å². The van der Waals surface area contributed by atoms with Crippen LogP contribution in [0.3, 0.4) is 0 Å². The fourth-order valence-corrected chi connectivity index (χ4v) is 1.27. The van der Waals surface area contributed by atoms with Crippen LogP contribution in [0, 0.1) is 0 Å². The zero-order chi connectivity index (χ0) is 15.2. The summed E-state index contributed by atoms with van der Waals surface area (Å²) < 4.78 is 16.3. The number of methoxy groups -OCH3 is 1. The number of anilines is 1. The maximum absolute atomic E-state index is 5.55. The normalized spacial score (nSPS) is 11.6. The standard InChI is InChI=1S/C13H24N4O3/c1-9(2)20-12-16-10(14-5)15-11(17-12)19-8-7-13(3,4)18-6/h9H,7-8H2,1-6H3,(H,14,15,16,17). The molecule has 0 aliphatic rings. The molecule has 0 radical (unpaired) electrons. The maximum Gasteiger partial charge on any atom is 0.324 e. The highest BCUT2D eigenvalue weighted by Crippen LogP contribution is 2.16. The van der Waals surface area contributed by atoms with Gasteiger partial charge in [-0.15, -0.1) is 4.98 Å². The molecule has 0 spiro atoms. The highest BCUT2D eigenvalue weighted by atomic mass is 16.5. The van der Waals surface area contributed by atoms with Crippen LogP contribution in [0.4, 0.5) is 5.95 Å². The molecule has 1 aromatic heterocycles. The molecule has 0 aliphatic carbocycles. The van der Waals surface area contributed by atoms with Gasteiger partial charge < -0.3 is 19.5 Å². The van der Waals surface area contributed by atoms with Crippen LogP contribution in [0.2, 0.25) is 0 Å². The van der Waals surface area contributed by atoms with Crippen LogP contribution in [-0.2, 0) is 4.74 Å². The molecule has 0 saturated heterocycles. The van der Waals surface area contributed by atoms with Gasteiger partial charge in [-0.2, -0.15) is 9.97 Å². The minimum atomic E-state index is -0.240. The average Bonchev–Trinajstić information content (AvgIpc) is 2.37. The van der Waals surface area contributed by atoms with Crippen molar-refractivity contribution in [1.29, 1.82) is 0 Å². The molecule has 0 unspecified atom stereocenters. The molecule has 0 saturated carbocycles. The van der Waals surface area contributed by atoms with Crippen LogP contribution in [0.15, 0.2) is 0 Å². The Kier molecular flexibility index (Phi) is 5.94. The van der Waals surface area contributed by atoms with Gasteiger partial charge in [0, 0.05) is 20.6 Å². The molecule has 1 N–H and O–H groups in total. The monoisotopic (exact) mass is 284 g/mol. The molecule has 114 valence electrons. The summed E-state index contributed by atoms with van der Waals surface area (Å²) in [5.74, 6) is 0.414. The van der Waals surface area contributed by atoms with E-state index in [1.165, 1.54) is 0 Å². The van der Waals surface area contributed by atoms with E-state index in [2.05, 4.69) is 20.3 Å². The van der Waals surface area contributed by atoms with Gasteiger partial charge in [0.05, 0.1) is 18.3 Å². The Morgan fingerprint density at radius 1 is 1.15 bits per heavy atom. The lowest BCUT2D eigenvalue weighted by atomic mass is 10.1. The lowest BCUT2D eigenvalue weighted by Gasteiger charge is -2.22. The Morgan fingerprint density at radius 3 is 2.35 bits per heavy atom. The van der Waals surface area contributed by atoms with E-state index in [1.807, 2.05) is 27.7 Å². The van der Waals surface area contributed by atoms with E-state index >= 15 is 0 Å². The SMILES string of the molecule is CNc1nc(OCCC(C)(C)OC)nc(OC(C)C)n1. The summed E-state index contributed by atoms with van der Waals surface area (Å²) in [6.45, 7) is 8.26. The summed E-state index contributed by atoms with van der Waals surface area (Å²) in [5.41, 5.74) is -0.240. The van der Waals surface area contributed by atoms with Crippen molar-refractivity contribution in [1.82, 2.24) is 15.0 Å². The van der Waals surface area contributed by atoms with Gasteiger partial charge in [-0.3, -0.25) is 0 Å². The number of aromatic nitrogens is 3. The van der Waals surface area contributed by atoms with Gasteiger partial charge >= 0.3 is 12.0 Å². The number of ether oxygens (including phenoxy) is 3. The molecule has 0 fully saturated rings. The fourth-order valence-electron chi connectivity index (χ4n) is 1.27. The van der Waals surface area contributed by atoms with Crippen molar-refractivity contribution in [2.24, 2.45) is 0 Å². The smallest absolute Gasteiger partial charge is 0.324 e. The van der Waals surface area contributed by atoms with Crippen LogP contribution in [-0.4, -0.2) is 47.4 Å². The maximum atomic E-state index is 5.55. The van der Waals surface area contributed by atoms with Gasteiger partial charge in [0.15, 0.2) is 0 Å². The van der Waals surface area contributed by atoms with E-state index in [0.717, 1.165) is 6.42 Å². The van der Waals surface area contributed by atoms with Crippen LogP contribution in [0.1, 0.15) is 34.1 Å². The number of nitrogens with zero attached hydrogens (tertiary/aromatic N) is 3. The topological polar surface area (TPSA) is 78.4 Å². The molecular weight excluding hydrogens is 260 g/mol. The lowest BCUT2D eigenvalue weighted by molar-refractivity contribution is 0.00459. The molecule has 0 aromatic carbocycles. The minimum Gasteiger partial charge on any atom is -0.463 e. The third-order valence-corrected chi connectivity index (χ3v) is 2.65. The summed E-state index contributed by atoms with van der Waals surface area (Å²) in [6, 6.07) is 0.493. The number of rotatable bonds is 8. The van der Waals surface area contributed by atoms with Gasteiger partial charge in [0.25, 0.3) is 0 Å². The average molecular weight is 284 g/mol. The Hall–Kier alpha value is -1.63. The molecule has 1 rings (SSSR count). The molecule has 0 aliphatic heterocycles. The van der Waals surface area contributed by atoms with Crippen LogP contribution < -0.4 is 14.8 Å². The molecule has 7 nitrogen and oxygen atoms in total. The van der Waals surface area contributed by atoms with Crippen LogP contribution in [0.5, 0.6) is 12.0 Å². The van der Waals surface area contributed by atoms with Crippen LogP contribution >= 0.6 is 0 Å². The van der Waals surface area contributed by atoms with Crippen molar-refractivity contribution in [2.75, 3.05) is 26.1 Å². The molecular formula is C13H24N4O3. The largest absolute Gasteiger partial charge is 0.463 e. The van der Waals surface area contributed by atoms with Gasteiger partial charge in [-0.05, 0) is 27.7 Å². The van der Waals surface area contributed by atoms with Crippen molar-refractivity contribution in [3.05, 3.63) is 0 Å². The second-order valence-corrected chi connectivity index (χ2v) is 5.20. The van der Waals surface area contributed by atoms with Gasteiger partial charge in [-0.1, -0.05) is 0 Å². The third-order valence-electron chi connectivity index (χ3n) is 2.65. The summed E-state index contributed by atoms with van der Waals surface area (Å²) in [7, 11) is 3.41. The molecule has 1 aromatic rings. The quantitative estimate of drug-likeness (QED) is 0.781. The predicted octanol–water partition coefficient (Wildman–Crippen LogP) is 1.89. The highest BCUT2D eigenvalue weighted by Gasteiger charge is 2.17. The lowest BCUT2D eigenvalue weighted by Crippen LogP contribution is -2.25.